The van der Waals surface area contributed by atoms with Crippen LogP contribution in [0.15, 0.2) is 36.4 Å². The van der Waals surface area contributed by atoms with E-state index in [1.54, 1.807) is 6.07 Å². The third-order valence-corrected chi connectivity index (χ3v) is 2.72. The molecule has 2 aromatic carbocycles. The highest BCUT2D eigenvalue weighted by atomic mass is 19.1. The Morgan fingerprint density at radius 2 is 1.84 bits per heavy atom. The van der Waals surface area contributed by atoms with Crippen molar-refractivity contribution in [3.8, 4) is 6.07 Å². The van der Waals surface area contributed by atoms with E-state index in [0.717, 1.165) is 23.3 Å². The molecule has 19 heavy (non-hydrogen) atoms. The summed E-state index contributed by atoms with van der Waals surface area (Å²) in [7, 11) is 0. The van der Waals surface area contributed by atoms with E-state index in [2.05, 4.69) is 5.32 Å². The van der Waals surface area contributed by atoms with Gasteiger partial charge >= 0.3 is 0 Å². The first kappa shape index (κ1) is 13.0. The molecule has 0 aliphatic heterocycles. The van der Waals surface area contributed by atoms with Crippen LogP contribution in [0.5, 0.6) is 0 Å². The van der Waals surface area contributed by atoms with Gasteiger partial charge in [-0.3, -0.25) is 0 Å². The molecule has 0 saturated carbocycles. The largest absolute Gasteiger partial charge is 0.376 e. The van der Waals surface area contributed by atoms with Crippen LogP contribution >= 0.6 is 0 Å². The summed E-state index contributed by atoms with van der Waals surface area (Å²) in [5.41, 5.74) is 1.78. The molecule has 0 unspecified atom stereocenters. The molecule has 0 aromatic heterocycles. The number of nitriles is 1. The maximum atomic E-state index is 13.6. The van der Waals surface area contributed by atoms with Crippen molar-refractivity contribution < 1.29 is 8.78 Å². The van der Waals surface area contributed by atoms with Gasteiger partial charge in [-0.2, -0.15) is 5.26 Å². The smallest absolute Gasteiger partial charge is 0.150 e. The van der Waals surface area contributed by atoms with E-state index in [-0.39, 0.29) is 11.3 Å². The van der Waals surface area contributed by atoms with Crippen LogP contribution in [-0.4, -0.2) is 0 Å². The van der Waals surface area contributed by atoms with Gasteiger partial charge in [0, 0.05) is 6.54 Å². The number of hydrogen-bond donors (Lipinski definition) is 1. The van der Waals surface area contributed by atoms with Crippen molar-refractivity contribution in [3.05, 3.63) is 64.7 Å². The second kappa shape index (κ2) is 5.49. The fraction of sp³-hybridized carbons (Fsp3) is 0.133. The fourth-order valence-corrected chi connectivity index (χ4v) is 1.82. The molecule has 2 nitrogen and oxygen atoms in total. The van der Waals surface area contributed by atoms with Gasteiger partial charge < -0.3 is 5.32 Å². The Labute approximate surface area is 110 Å². The maximum absolute atomic E-state index is 13.6. The first-order valence-corrected chi connectivity index (χ1v) is 5.78. The Hall–Kier alpha value is -2.41. The van der Waals surface area contributed by atoms with Crippen LogP contribution < -0.4 is 5.32 Å². The number of benzene rings is 2. The summed E-state index contributed by atoms with van der Waals surface area (Å²) < 4.78 is 27.3. The van der Waals surface area contributed by atoms with E-state index in [0.29, 0.717) is 6.54 Å². The monoisotopic (exact) mass is 258 g/mol. The van der Waals surface area contributed by atoms with Crippen molar-refractivity contribution in [3.63, 3.8) is 0 Å². The van der Waals surface area contributed by atoms with E-state index in [1.165, 1.54) is 0 Å². The summed E-state index contributed by atoms with van der Waals surface area (Å²) in [5.74, 6) is -1.52. The fourth-order valence-electron chi connectivity index (χ4n) is 1.82. The van der Waals surface area contributed by atoms with E-state index in [1.807, 2.05) is 31.2 Å². The second-order valence-corrected chi connectivity index (χ2v) is 4.27. The molecule has 0 bridgehead atoms. The lowest BCUT2D eigenvalue weighted by atomic mass is 10.1. The summed E-state index contributed by atoms with van der Waals surface area (Å²) in [6.45, 7) is 2.27. The highest BCUT2D eigenvalue weighted by Gasteiger charge is 2.10. The summed E-state index contributed by atoms with van der Waals surface area (Å²) in [6, 6.07) is 11.4. The molecule has 96 valence electrons. The van der Waals surface area contributed by atoms with E-state index >= 15 is 0 Å². The molecule has 2 aromatic rings. The normalized spacial score (nSPS) is 10.0. The average Bonchev–Trinajstić information content (AvgIpc) is 2.37. The van der Waals surface area contributed by atoms with Crippen LogP contribution in [0.3, 0.4) is 0 Å². The molecule has 0 heterocycles. The zero-order chi connectivity index (χ0) is 13.8. The van der Waals surface area contributed by atoms with Crippen LogP contribution in [0.2, 0.25) is 0 Å². The van der Waals surface area contributed by atoms with Gasteiger partial charge in [-0.15, -0.1) is 0 Å². The van der Waals surface area contributed by atoms with Gasteiger partial charge in [0.05, 0.1) is 11.6 Å². The molecule has 0 aliphatic carbocycles. The minimum Gasteiger partial charge on any atom is -0.376 e. The standard InChI is InChI=1S/C15H12F2N2/c1-10-3-2-4-11(5-10)9-19-15-13(16)6-12(8-18)7-14(15)17/h2-7,19H,9H2,1H3. The molecular formula is C15H12F2N2. The quantitative estimate of drug-likeness (QED) is 0.909. The number of nitrogens with one attached hydrogen (secondary N) is 1. The Morgan fingerprint density at radius 1 is 1.16 bits per heavy atom. The summed E-state index contributed by atoms with van der Waals surface area (Å²) in [6.07, 6.45) is 0. The number of nitrogens with zero attached hydrogens (tertiary/aromatic N) is 1. The zero-order valence-electron chi connectivity index (χ0n) is 10.4. The minimum atomic E-state index is -0.760. The average molecular weight is 258 g/mol. The number of aryl methyl sites for hydroxylation is 1. The number of hydrogen-bond acceptors (Lipinski definition) is 2. The summed E-state index contributed by atoms with van der Waals surface area (Å²) >= 11 is 0. The van der Waals surface area contributed by atoms with Crippen molar-refractivity contribution in [2.75, 3.05) is 5.32 Å². The molecule has 0 spiro atoms. The van der Waals surface area contributed by atoms with Gasteiger partial charge in [0.1, 0.15) is 5.69 Å². The van der Waals surface area contributed by atoms with Crippen molar-refractivity contribution in [1.82, 2.24) is 0 Å². The van der Waals surface area contributed by atoms with E-state index in [9.17, 15) is 8.78 Å². The highest BCUT2D eigenvalue weighted by molar-refractivity contribution is 5.50. The zero-order valence-corrected chi connectivity index (χ0v) is 10.4. The number of halogens is 2. The molecule has 0 aliphatic rings. The Morgan fingerprint density at radius 3 is 2.42 bits per heavy atom. The van der Waals surface area contributed by atoms with Gasteiger partial charge in [0.15, 0.2) is 11.6 Å². The van der Waals surface area contributed by atoms with Crippen molar-refractivity contribution in [2.24, 2.45) is 0 Å². The second-order valence-electron chi connectivity index (χ2n) is 4.27. The first-order valence-electron chi connectivity index (χ1n) is 5.78. The molecule has 0 atom stereocenters. The predicted octanol–water partition coefficient (Wildman–Crippen LogP) is 3.76. The lowest BCUT2D eigenvalue weighted by Crippen LogP contribution is -2.04. The van der Waals surface area contributed by atoms with Crippen molar-refractivity contribution in [2.45, 2.75) is 13.5 Å². The lowest BCUT2D eigenvalue weighted by Gasteiger charge is -2.09. The molecule has 2 rings (SSSR count). The van der Waals surface area contributed by atoms with Crippen LogP contribution in [0.1, 0.15) is 16.7 Å². The van der Waals surface area contributed by atoms with Gasteiger partial charge in [-0.1, -0.05) is 29.8 Å². The van der Waals surface area contributed by atoms with Crippen LogP contribution in [0, 0.1) is 29.9 Å². The Balaban J connectivity index is 2.18. The van der Waals surface area contributed by atoms with Crippen LogP contribution in [0.25, 0.3) is 0 Å². The van der Waals surface area contributed by atoms with Crippen molar-refractivity contribution >= 4 is 5.69 Å². The van der Waals surface area contributed by atoms with Crippen LogP contribution in [-0.2, 0) is 6.54 Å². The van der Waals surface area contributed by atoms with E-state index < -0.39 is 11.6 Å². The number of anilines is 1. The van der Waals surface area contributed by atoms with Gasteiger partial charge in [-0.05, 0) is 24.6 Å². The molecule has 0 fully saturated rings. The Bertz CT molecular complexity index is 622. The minimum absolute atomic E-state index is 0.0314. The molecule has 0 saturated heterocycles. The predicted molar refractivity (Wildman–Crippen MR) is 69.6 cm³/mol. The molecular weight excluding hydrogens is 246 g/mol. The SMILES string of the molecule is Cc1cccc(CNc2c(F)cc(C#N)cc2F)c1. The van der Waals surface area contributed by atoms with Gasteiger partial charge in [0.2, 0.25) is 0 Å². The highest BCUT2D eigenvalue weighted by Crippen LogP contribution is 2.21. The van der Waals surface area contributed by atoms with Gasteiger partial charge in [0.25, 0.3) is 0 Å². The van der Waals surface area contributed by atoms with Crippen molar-refractivity contribution in [1.29, 1.82) is 5.26 Å². The maximum Gasteiger partial charge on any atom is 0.150 e. The third kappa shape index (κ3) is 3.08. The molecule has 0 amide bonds. The van der Waals surface area contributed by atoms with E-state index in [4.69, 9.17) is 5.26 Å². The summed E-state index contributed by atoms with van der Waals surface area (Å²) in [4.78, 5) is 0. The Kier molecular flexibility index (Phi) is 3.76. The summed E-state index contributed by atoms with van der Waals surface area (Å²) in [5, 5.41) is 11.3. The molecule has 0 radical (unpaired) electrons. The molecule has 4 heteroatoms. The first-order chi connectivity index (χ1) is 9.10. The lowest BCUT2D eigenvalue weighted by molar-refractivity contribution is 0.587. The topological polar surface area (TPSA) is 35.8 Å². The van der Waals surface area contributed by atoms with Crippen LogP contribution in [0.4, 0.5) is 14.5 Å². The molecule has 1 N–H and O–H groups in total. The van der Waals surface area contributed by atoms with Gasteiger partial charge in [-0.25, -0.2) is 8.78 Å². The third-order valence-electron chi connectivity index (χ3n) is 2.72. The number of rotatable bonds is 3.